The molecule has 2 rings (SSSR count). The van der Waals surface area contributed by atoms with E-state index in [0.29, 0.717) is 17.9 Å². The highest BCUT2D eigenvalue weighted by molar-refractivity contribution is 5.94. The Morgan fingerprint density at radius 3 is 2.75 bits per heavy atom. The van der Waals surface area contributed by atoms with E-state index in [-0.39, 0.29) is 18.6 Å². The fourth-order valence-electron chi connectivity index (χ4n) is 1.84. The number of aliphatic hydroxyl groups is 1. The van der Waals surface area contributed by atoms with E-state index < -0.39 is 0 Å². The van der Waals surface area contributed by atoms with E-state index >= 15 is 0 Å². The number of pyridine rings is 1. The Bertz CT molecular complexity index is 551. The highest BCUT2D eigenvalue weighted by atomic mass is 16.3. The van der Waals surface area contributed by atoms with Gasteiger partial charge in [0.1, 0.15) is 12.7 Å². The highest BCUT2D eigenvalue weighted by Gasteiger charge is 2.18. The van der Waals surface area contributed by atoms with Gasteiger partial charge in [0.15, 0.2) is 5.82 Å². The van der Waals surface area contributed by atoms with Crippen LogP contribution in [-0.4, -0.2) is 54.9 Å². The molecule has 2 aromatic heterocycles. The number of hydrogen-bond donors (Lipinski definition) is 1. The van der Waals surface area contributed by atoms with Crippen molar-refractivity contribution in [1.29, 1.82) is 0 Å². The summed E-state index contributed by atoms with van der Waals surface area (Å²) in [5.41, 5.74) is 0.482. The first-order valence-corrected chi connectivity index (χ1v) is 6.36. The summed E-state index contributed by atoms with van der Waals surface area (Å²) in [5.74, 6) is 0.448. The lowest BCUT2D eigenvalue weighted by molar-refractivity contribution is 0.0665. The standard InChI is InChI=1S/C13H17N5O2/c1-10(2)17(5-6-19)13(20)11-3-4-12(15-7-11)18-9-14-8-16-18/h3-4,7-10,19H,5-6H2,1-2H3. The number of hydrogen-bond acceptors (Lipinski definition) is 5. The molecule has 106 valence electrons. The monoisotopic (exact) mass is 275 g/mol. The van der Waals surface area contributed by atoms with Crippen molar-refractivity contribution in [3.05, 3.63) is 36.5 Å². The third-order valence-electron chi connectivity index (χ3n) is 2.87. The van der Waals surface area contributed by atoms with Gasteiger partial charge in [-0.05, 0) is 26.0 Å². The molecule has 20 heavy (non-hydrogen) atoms. The molecule has 2 heterocycles. The van der Waals surface area contributed by atoms with E-state index in [9.17, 15) is 4.79 Å². The van der Waals surface area contributed by atoms with Gasteiger partial charge in [-0.2, -0.15) is 5.10 Å². The van der Waals surface area contributed by atoms with E-state index in [1.54, 1.807) is 17.0 Å². The Hall–Kier alpha value is -2.28. The molecule has 0 aliphatic carbocycles. The van der Waals surface area contributed by atoms with Crippen molar-refractivity contribution >= 4 is 5.91 Å². The van der Waals surface area contributed by atoms with Crippen LogP contribution in [0.4, 0.5) is 0 Å². The van der Waals surface area contributed by atoms with Crippen LogP contribution in [0.15, 0.2) is 31.0 Å². The maximum Gasteiger partial charge on any atom is 0.255 e. The second kappa shape index (κ2) is 6.25. The third kappa shape index (κ3) is 3.00. The Morgan fingerprint density at radius 1 is 1.45 bits per heavy atom. The Labute approximate surface area is 116 Å². The van der Waals surface area contributed by atoms with E-state index in [1.165, 1.54) is 23.5 Å². The maximum atomic E-state index is 12.3. The van der Waals surface area contributed by atoms with Crippen LogP contribution in [0.5, 0.6) is 0 Å². The van der Waals surface area contributed by atoms with Crippen molar-refractivity contribution in [2.45, 2.75) is 19.9 Å². The second-order valence-electron chi connectivity index (χ2n) is 4.56. The van der Waals surface area contributed by atoms with Crippen LogP contribution in [0, 0.1) is 0 Å². The summed E-state index contributed by atoms with van der Waals surface area (Å²) in [7, 11) is 0. The summed E-state index contributed by atoms with van der Waals surface area (Å²) in [4.78, 5) is 22.0. The van der Waals surface area contributed by atoms with Gasteiger partial charge in [-0.3, -0.25) is 4.79 Å². The first kappa shape index (κ1) is 14.1. The molecule has 0 atom stereocenters. The minimum absolute atomic E-state index is 0.0182. The molecule has 0 spiro atoms. The van der Waals surface area contributed by atoms with Crippen molar-refractivity contribution in [1.82, 2.24) is 24.6 Å². The van der Waals surface area contributed by atoms with Crippen LogP contribution < -0.4 is 0 Å². The molecule has 0 unspecified atom stereocenters. The van der Waals surface area contributed by atoms with E-state index in [2.05, 4.69) is 15.1 Å². The van der Waals surface area contributed by atoms with Gasteiger partial charge in [-0.15, -0.1) is 0 Å². The quantitative estimate of drug-likeness (QED) is 0.859. The van der Waals surface area contributed by atoms with Gasteiger partial charge in [0.2, 0.25) is 0 Å². The van der Waals surface area contributed by atoms with Gasteiger partial charge >= 0.3 is 0 Å². The van der Waals surface area contributed by atoms with Crippen molar-refractivity contribution in [3.63, 3.8) is 0 Å². The molecule has 0 fully saturated rings. The smallest absolute Gasteiger partial charge is 0.255 e. The topological polar surface area (TPSA) is 84.1 Å². The third-order valence-corrected chi connectivity index (χ3v) is 2.87. The minimum Gasteiger partial charge on any atom is -0.395 e. The lowest BCUT2D eigenvalue weighted by atomic mass is 10.2. The molecular formula is C13H17N5O2. The van der Waals surface area contributed by atoms with Gasteiger partial charge in [0.05, 0.1) is 12.2 Å². The number of aliphatic hydroxyl groups excluding tert-OH is 1. The van der Waals surface area contributed by atoms with Gasteiger partial charge in [0, 0.05) is 18.8 Å². The summed E-state index contributed by atoms with van der Waals surface area (Å²) < 4.78 is 1.52. The van der Waals surface area contributed by atoms with E-state index in [1.807, 2.05) is 13.8 Å². The Balaban J connectivity index is 2.18. The predicted octanol–water partition coefficient (Wildman–Crippen LogP) is 0.505. The normalized spacial score (nSPS) is 10.8. The van der Waals surface area contributed by atoms with Gasteiger partial charge in [-0.25, -0.2) is 14.6 Å². The van der Waals surface area contributed by atoms with Crippen molar-refractivity contribution in [2.24, 2.45) is 0 Å². The molecular weight excluding hydrogens is 258 g/mol. The summed E-state index contributed by atoms with van der Waals surface area (Å²) in [5, 5.41) is 13.0. The molecule has 7 heteroatoms. The van der Waals surface area contributed by atoms with Crippen molar-refractivity contribution in [3.8, 4) is 5.82 Å². The van der Waals surface area contributed by atoms with Gasteiger partial charge in [0.25, 0.3) is 5.91 Å². The fourth-order valence-corrected chi connectivity index (χ4v) is 1.84. The molecule has 1 amide bonds. The number of rotatable bonds is 5. The summed E-state index contributed by atoms with van der Waals surface area (Å²) in [6, 6.07) is 3.42. The maximum absolute atomic E-state index is 12.3. The minimum atomic E-state index is -0.147. The fraction of sp³-hybridized carbons (Fsp3) is 0.385. The van der Waals surface area contributed by atoms with Crippen molar-refractivity contribution in [2.75, 3.05) is 13.2 Å². The largest absolute Gasteiger partial charge is 0.395 e. The van der Waals surface area contributed by atoms with Gasteiger partial charge < -0.3 is 10.0 Å². The lowest BCUT2D eigenvalue weighted by Gasteiger charge is -2.25. The second-order valence-corrected chi connectivity index (χ2v) is 4.56. The zero-order chi connectivity index (χ0) is 14.5. The number of amides is 1. The van der Waals surface area contributed by atoms with Crippen LogP contribution in [-0.2, 0) is 0 Å². The Kier molecular flexibility index (Phi) is 4.41. The molecule has 0 radical (unpaired) electrons. The molecule has 0 aliphatic rings. The Morgan fingerprint density at radius 2 is 2.25 bits per heavy atom. The molecule has 0 aliphatic heterocycles. The van der Waals surface area contributed by atoms with Crippen molar-refractivity contribution < 1.29 is 9.90 Å². The molecule has 1 N–H and O–H groups in total. The molecule has 0 saturated carbocycles. The van der Waals surface area contributed by atoms with Crippen LogP contribution in [0.3, 0.4) is 0 Å². The van der Waals surface area contributed by atoms with E-state index in [0.717, 1.165) is 0 Å². The predicted molar refractivity (Wildman–Crippen MR) is 72.4 cm³/mol. The first-order chi connectivity index (χ1) is 9.63. The highest BCUT2D eigenvalue weighted by Crippen LogP contribution is 2.09. The molecule has 0 aromatic carbocycles. The average Bonchev–Trinajstić information content (AvgIpc) is 2.98. The van der Waals surface area contributed by atoms with Crippen LogP contribution in [0.25, 0.3) is 5.82 Å². The zero-order valence-electron chi connectivity index (χ0n) is 11.5. The molecule has 0 bridgehead atoms. The molecule has 0 saturated heterocycles. The van der Waals surface area contributed by atoms with Crippen LogP contribution in [0.2, 0.25) is 0 Å². The first-order valence-electron chi connectivity index (χ1n) is 6.36. The summed E-state index contributed by atoms with van der Waals surface area (Å²) >= 11 is 0. The SMILES string of the molecule is CC(C)N(CCO)C(=O)c1ccc(-n2cncn2)nc1. The summed E-state index contributed by atoms with van der Waals surface area (Å²) in [6.07, 6.45) is 4.46. The molecule has 7 nitrogen and oxygen atoms in total. The average molecular weight is 275 g/mol. The molecule has 2 aromatic rings. The van der Waals surface area contributed by atoms with Gasteiger partial charge in [-0.1, -0.05) is 0 Å². The lowest BCUT2D eigenvalue weighted by Crippen LogP contribution is -2.39. The number of carbonyl (C=O) groups excluding carboxylic acids is 1. The zero-order valence-corrected chi connectivity index (χ0v) is 11.5. The number of carbonyl (C=O) groups is 1. The van der Waals surface area contributed by atoms with E-state index in [4.69, 9.17) is 5.11 Å². The number of nitrogens with zero attached hydrogens (tertiary/aromatic N) is 5. The summed E-state index contributed by atoms with van der Waals surface area (Å²) in [6.45, 7) is 4.06. The number of aromatic nitrogens is 4. The van der Waals surface area contributed by atoms with Crippen LogP contribution in [0.1, 0.15) is 24.2 Å². The van der Waals surface area contributed by atoms with Crippen LogP contribution >= 0.6 is 0 Å².